The van der Waals surface area contributed by atoms with Gasteiger partial charge in [-0.15, -0.1) is 11.3 Å². The molecule has 23 heavy (non-hydrogen) atoms. The Hall–Kier alpha value is -1.77. The van der Waals surface area contributed by atoms with Gasteiger partial charge >= 0.3 is 0 Å². The first-order valence-electron chi connectivity index (χ1n) is 7.63. The van der Waals surface area contributed by atoms with Gasteiger partial charge < -0.3 is 9.64 Å². The quantitative estimate of drug-likeness (QED) is 0.778. The van der Waals surface area contributed by atoms with E-state index in [1.54, 1.807) is 27.2 Å². The molecule has 1 fully saturated rings. The van der Waals surface area contributed by atoms with Gasteiger partial charge in [0.15, 0.2) is 0 Å². The summed E-state index contributed by atoms with van der Waals surface area (Å²) in [7, 11) is 1.86. The molecule has 2 aromatic heterocycles. The lowest BCUT2D eigenvalue weighted by Crippen LogP contribution is -2.48. The van der Waals surface area contributed by atoms with E-state index in [0.717, 1.165) is 13.1 Å². The number of hydrogen-bond acceptors (Lipinski definition) is 6. The van der Waals surface area contributed by atoms with Crippen molar-refractivity contribution in [3.8, 4) is 0 Å². The number of carbonyl (C=O) groups excluding carboxylic acids is 1. The highest BCUT2D eigenvalue weighted by molar-refractivity contribution is 7.09. The molecule has 1 aliphatic heterocycles. The summed E-state index contributed by atoms with van der Waals surface area (Å²) >= 11 is 1.67. The van der Waals surface area contributed by atoms with Crippen LogP contribution in [0.1, 0.15) is 4.88 Å². The number of morpholine rings is 1. The van der Waals surface area contributed by atoms with Gasteiger partial charge in [0, 0.05) is 25.0 Å². The van der Waals surface area contributed by atoms with Crippen LogP contribution in [-0.2, 0) is 22.6 Å². The summed E-state index contributed by atoms with van der Waals surface area (Å²) in [6.45, 7) is 3.92. The van der Waals surface area contributed by atoms with Crippen LogP contribution in [0.25, 0.3) is 0 Å². The third-order valence-electron chi connectivity index (χ3n) is 3.84. The molecule has 0 radical (unpaired) electrons. The van der Waals surface area contributed by atoms with Crippen LogP contribution in [-0.4, -0.2) is 69.9 Å². The Morgan fingerprint density at radius 2 is 2.48 bits per heavy atom. The molecule has 3 rings (SSSR count). The van der Waals surface area contributed by atoms with Gasteiger partial charge in [-0.25, -0.2) is 4.98 Å². The van der Waals surface area contributed by atoms with E-state index in [0.29, 0.717) is 26.2 Å². The predicted octanol–water partition coefficient (Wildman–Crippen LogP) is 0.699. The van der Waals surface area contributed by atoms with Crippen LogP contribution < -0.4 is 0 Å². The van der Waals surface area contributed by atoms with Crippen LogP contribution in [0.4, 0.5) is 0 Å². The molecule has 0 aromatic carbocycles. The SMILES string of the molecule is CN(Cc1cccs1)C(=O)CN1CCO[C@@H](Cn2cncn2)C1. The smallest absolute Gasteiger partial charge is 0.236 e. The molecule has 0 saturated carbocycles. The maximum atomic E-state index is 12.4. The molecule has 1 saturated heterocycles. The van der Waals surface area contributed by atoms with Crippen molar-refractivity contribution in [2.45, 2.75) is 19.2 Å². The molecule has 124 valence electrons. The zero-order valence-corrected chi connectivity index (χ0v) is 14.0. The average Bonchev–Trinajstić information content (AvgIpc) is 3.21. The van der Waals surface area contributed by atoms with E-state index < -0.39 is 0 Å². The second-order valence-electron chi connectivity index (χ2n) is 5.67. The zero-order valence-electron chi connectivity index (χ0n) is 13.2. The van der Waals surface area contributed by atoms with Crippen molar-refractivity contribution in [1.82, 2.24) is 24.6 Å². The average molecular weight is 335 g/mol. The monoisotopic (exact) mass is 335 g/mol. The van der Waals surface area contributed by atoms with E-state index in [4.69, 9.17) is 4.74 Å². The molecule has 0 unspecified atom stereocenters. The van der Waals surface area contributed by atoms with E-state index in [-0.39, 0.29) is 12.0 Å². The number of nitrogens with zero attached hydrogens (tertiary/aromatic N) is 5. The van der Waals surface area contributed by atoms with Gasteiger partial charge in [0.1, 0.15) is 12.7 Å². The van der Waals surface area contributed by atoms with Crippen LogP contribution in [0, 0.1) is 0 Å². The van der Waals surface area contributed by atoms with Crippen molar-refractivity contribution in [3.05, 3.63) is 35.0 Å². The van der Waals surface area contributed by atoms with E-state index in [1.807, 2.05) is 18.5 Å². The number of aromatic nitrogens is 3. The first-order chi connectivity index (χ1) is 11.2. The molecule has 1 atom stereocenters. The fraction of sp³-hybridized carbons (Fsp3) is 0.533. The molecule has 0 bridgehead atoms. The van der Waals surface area contributed by atoms with Crippen molar-refractivity contribution in [3.63, 3.8) is 0 Å². The standard InChI is InChI=1S/C15H21N5O2S/c1-18(9-14-3-2-6-23-14)15(21)10-19-4-5-22-13(7-19)8-20-12-16-11-17-20/h2-3,6,11-13H,4-5,7-10H2,1H3/t13-/m1/s1. The summed E-state index contributed by atoms with van der Waals surface area (Å²) in [5, 5.41) is 6.13. The number of hydrogen-bond donors (Lipinski definition) is 0. The van der Waals surface area contributed by atoms with E-state index >= 15 is 0 Å². The second-order valence-corrected chi connectivity index (χ2v) is 6.71. The highest BCUT2D eigenvalue weighted by Crippen LogP contribution is 2.12. The van der Waals surface area contributed by atoms with Crippen LogP contribution >= 0.6 is 11.3 Å². The Morgan fingerprint density at radius 3 is 3.22 bits per heavy atom. The molecular formula is C15H21N5O2S. The number of rotatable bonds is 6. The first kappa shape index (κ1) is 16.1. The van der Waals surface area contributed by atoms with Gasteiger partial charge in [-0.3, -0.25) is 14.4 Å². The number of amides is 1. The normalized spacial score (nSPS) is 18.9. The van der Waals surface area contributed by atoms with Gasteiger partial charge in [0.25, 0.3) is 0 Å². The van der Waals surface area contributed by atoms with Crippen LogP contribution in [0.15, 0.2) is 30.2 Å². The number of likely N-dealkylation sites (N-methyl/N-ethyl adjacent to an activating group) is 1. The summed E-state index contributed by atoms with van der Waals surface area (Å²) in [5.74, 6) is 0.139. The summed E-state index contributed by atoms with van der Waals surface area (Å²) < 4.78 is 7.52. The highest BCUT2D eigenvalue weighted by atomic mass is 32.1. The zero-order chi connectivity index (χ0) is 16.1. The summed E-state index contributed by atoms with van der Waals surface area (Å²) in [5.41, 5.74) is 0. The van der Waals surface area contributed by atoms with Crippen molar-refractivity contribution < 1.29 is 9.53 Å². The fourth-order valence-electron chi connectivity index (χ4n) is 2.61. The molecule has 0 N–H and O–H groups in total. The lowest BCUT2D eigenvalue weighted by atomic mass is 10.2. The van der Waals surface area contributed by atoms with Gasteiger partial charge in [-0.05, 0) is 11.4 Å². The van der Waals surface area contributed by atoms with Crippen LogP contribution in [0.2, 0.25) is 0 Å². The van der Waals surface area contributed by atoms with Crippen LogP contribution in [0.3, 0.4) is 0 Å². The number of ether oxygens (including phenoxy) is 1. The second kappa shape index (κ2) is 7.67. The predicted molar refractivity (Wildman–Crippen MR) is 87.0 cm³/mol. The summed E-state index contributed by atoms with van der Waals surface area (Å²) in [6, 6.07) is 4.06. The minimum Gasteiger partial charge on any atom is -0.374 e. The molecule has 0 aliphatic carbocycles. The molecular weight excluding hydrogens is 314 g/mol. The molecule has 1 aliphatic rings. The van der Waals surface area contributed by atoms with Crippen LogP contribution in [0.5, 0.6) is 0 Å². The van der Waals surface area contributed by atoms with Gasteiger partial charge in [0.2, 0.25) is 5.91 Å². The van der Waals surface area contributed by atoms with Gasteiger partial charge in [-0.1, -0.05) is 6.07 Å². The largest absolute Gasteiger partial charge is 0.374 e. The van der Waals surface area contributed by atoms with E-state index in [1.165, 1.54) is 11.2 Å². The fourth-order valence-corrected chi connectivity index (χ4v) is 3.36. The lowest BCUT2D eigenvalue weighted by molar-refractivity contribution is -0.133. The summed E-state index contributed by atoms with van der Waals surface area (Å²) in [4.78, 5) is 21.5. The van der Waals surface area contributed by atoms with E-state index in [9.17, 15) is 4.79 Å². The van der Waals surface area contributed by atoms with Gasteiger partial charge in [-0.2, -0.15) is 5.10 Å². The highest BCUT2D eigenvalue weighted by Gasteiger charge is 2.23. The molecule has 0 spiro atoms. The van der Waals surface area contributed by atoms with Crippen molar-refractivity contribution in [2.24, 2.45) is 0 Å². The van der Waals surface area contributed by atoms with Crippen molar-refractivity contribution in [1.29, 1.82) is 0 Å². The Balaban J connectivity index is 1.47. The third kappa shape index (κ3) is 4.60. The van der Waals surface area contributed by atoms with E-state index in [2.05, 4.69) is 21.0 Å². The Kier molecular flexibility index (Phi) is 5.37. The molecule has 3 heterocycles. The molecule has 7 nitrogen and oxygen atoms in total. The Morgan fingerprint density at radius 1 is 1.57 bits per heavy atom. The maximum Gasteiger partial charge on any atom is 0.236 e. The lowest BCUT2D eigenvalue weighted by Gasteiger charge is -2.33. The first-order valence-corrected chi connectivity index (χ1v) is 8.51. The Bertz CT molecular complexity index is 601. The van der Waals surface area contributed by atoms with Gasteiger partial charge in [0.05, 0.1) is 32.3 Å². The molecule has 8 heteroatoms. The molecule has 1 amide bonds. The van der Waals surface area contributed by atoms with Crippen molar-refractivity contribution >= 4 is 17.2 Å². The maximum absolute atomic E-state index is 12.4. The molecule has 2 aromatic rings. The third-order valence-corrected chi connectivity index (χ3v) is 4.70. The number of carbonyl (C=O) groups is 1. The number of thiophene rings is 1. The minimum atomic E-state index is 0.0425. The minimum absolute atomic E-state index is 0.0425. The topological polar surface area (TPSA) is 63.5 Å². The Labute approximate surface area is 139 Å². The van der Waals surface area contributed by atoms with Crippen molar-refractivity contribution in [2.75, 3.05) is 33.3 Å². The summed E-state index contributed by atoms with van der Waals surface area (Å²) in [6.07, 6.45) is 3.24.